The number of benzene rings is 1. The minimum absolute atomic E-state index is 0.00326. The van der Waals surface area contributed by atoms with E-state index in [-0.39, 0.29) is 23.8 Å². The third-order valence-corrected chi connectivity index (χ3v) is 5.81. The zero-order valence-electron chi connectivity index (χ0n) is 16.8. The molecule has 0 bridgehead atoms. The molecule has 1 fully saturated rings. The van der Waals surface area contributed by atoms with E-state index in [2.05, 4.69) is 22.4 Å². The molecular formula is C22H28N4O3. The van der Waals surface area contributed by atoms with Crippen LogP contribution in [0.2, 0.25) is 0 Å². The number of carbonyl (C=O) groups excluding carboxylic acids is 2. The van der Waals surface area contributed by atoms with E-state index in [9.17, 15) is 9.59 Å². The smallest absolute Gasteiger partial charge is 0.274 e. The van der Waals surface area contributed by atoms with Crippen molar-refractivity contribution >= 4 is 11.8 Å². The quantitative estimate of drug-likeness (QED) is 0.843. The Labute approximate surface area is 171 Å². The SMILES string of the molecule is CCCNC(=O)C1CCN(C(=O)c2ncn3c2CO[C@H](c2ccccc2)C3)CC1. The molecule has 2 aliphatic heterocycles. The molecule has 0 aliphatic carbocycles. The number of piperidine rings is 1. The van der Waals surface area contributed by atoms with Crippen LogP contribution in [0.4, 0.5) is 0 Å². The topological polar surface area (TPSA) is 76.5 Å². The van der Waals surface area contributed by atoms with E-state index in [1.54, 1.807) is 6.33 Å². The number of hydrogen-bond acceptors (Lipinski definition) is 4. The van der Waals surface area contributed by atoms with Gasteiger partial charge in [0.15, 0.2) is 5.69 Å². The van der Waals surface area contributed by atoms with Crippen molar-refractivity contribution in [2.45, 2.75) is 45.4 Å². The summed E-state index contributed by atoms with van der Waals surface area (Å²) in [6.45, 7) is 4.95. The van der Waals surface area contributed by atoms with Gasteiger partial charge in [-0.05, 0) is 24.8 Å². The van der Waals surface area contributed by atoms with Gasteiger partial charge in [-0.3, -0.25) is 9.59 Å². The molecule has 2 aliphatic rings. The minimum Gasteiger partial charge on any atom is -0.365 e. The van der Waals surface area contributed by atoms with E-state index in [1.807, 2.05) is 34.6 Å². The summed E-state index contributed by atoms with van der Waals surface area (Å²) in [6, 6.07) is 10.1. The summed E-state index contributed by atoms with van der Waals surface area (Å²) in [6.07, 6.45) is 4.04. The Hall–Kier alpha value is -2.67. The highest BCUT2D eigenvalue weighted by molar-refractivity contribution is 5.93. The number of imidazole rings is 1. The molecule has 1 N–H and O–H groups in total. The largest absolute Gasteiger partial charge is 0.365 e. The maximum atomic E-state index is 13.0. The Kier molecular flexibility index (Phi) is 5.94. The van der Waals surface area contributed by atoms with Crippen LogP contribution in [-0.4, -0.2) is 45.9 Å². The summed E-state index contributed by atoms with van der Waals surface area (Å²) >= 11 is 0. The van der Waals surface area contributed by atoms with Crippen molar-refractivity contribution in [3.05, 3.63) is 53.6 Å². The van der Waals surface area contributed by atoms with Gasteiger partial charge in [0.25, 0.3) is 5.91 Å². The van der Waals surface area contributed by atoms with Gasteiger partial charge < -0.3 is 19.5 Å². The van der Waals surface area contributed by atoms with Crippen molar-refractivity contribution in [3.8, 4) is 0 Å². The zero-order chi connectivity index (χ0) is 20.2. The van der Waals surface area contributed by atoms with Gasteiger partial charge in [0.2, 0.25) is 5.91 Å². The number of hydrogen-bond donors (Lipinski definition) is 1. The molecule has 29 heavy (non-hydrogen) atoms. The predicted octanol–water partition coefficient (Wildman–Crippen LogP) is 2.53. The van der Waals surface area contributed by atoms with Crippen molar-refractivity contribution < 1.29 is 14.3 Å². The average molecular weight is 396 g/mol. The summed E-state index contributed by atoms with van der Waals surface area (Å²) in [7, 11) is 0. The zero-order valence-corrected chi connectivity index (χ0v) is 16.8. The molecule has 7 heteroatoms. The Morgan fingerprint density at radius 2 is 1.97 bits per heavy atom. The number of nitrogens with zero attached hydrogens (tertiary/aromatic N) is 3. The van der Waals surface area contributed by atoms with E-state index < -0.39 is 0 Å². The van der Waals surface area contributed by atoms with Crippen LogP contribution in [-0.2, 0) is 22.7 Å². The van der Waals surface area contributed by atoms with Gasteiger partial charge in [-0.15, -0.1) is 0 Å². The first-order valence-electron chi connectivity index (χ1n) is 10.4. The fourth-order valence-corrected chi connectivity index (χ4v) is 4.06. The fraction of sp³-hybridized carbons (Fsp3) is 0.500. The maximum absolute atomic E-state index is 13.0. The number of carbonyl (C=O) groups is 2. The van der Waals surface area contributed by atoms with Gasteiger partial charge in [-0.1, -0.05) is 37.3 Å². The molecule has 1 aromatic heterocycles. The van der Waals surface area contributed by atoms with Crippen molar-refractivity contribution in [2.75, 3.05) is 19.6 Å². The second kappa shape index (κ2) is 8.78. The number of ether oxygens (including phenoxy) is 1. The number of likely N-dealkylation sites (tertiary alicyclic amines) is 1. The molecule has 0 spiro atoms. The Morgan fingerprint density at radius 3 is 2.69 bits per heavy atom. The third kappa shape index (κ3) is 4.19. The lowest BCUT2D eigenvalue weighted by Crippen LogP contribution is -2.43. The molecule has 1 atom stereocenters. The van der Waals surface area contributed by atoms with E-state index in [0.29, 0.717) is 51.3 Å². The van der Waals surface area contributed by atoms with E-state index in [0.717, 1.165) is 17.7 Å². The monoisotopic (exact) mass is 396 g/mol. The molecule has 1 aromatic carbocycles. The molecule has 4 rings (SSSR count). The molecule has 0 unspecified atom stereocenters. The van der Waals surface area contributed by atoms with Gasteiger partial charge in [0.05, 0.1) is 25.2 Å². The van der Waals surface area contributed by atoms with Crippen LogP contribution in [0.1, 0.15) is 54.0 Å². The molecule has 7 nitrogen and oxygen atoms in total. The minimum atomic E-state index is -0.0621. The highest BCUT2D eigenvalue weighted by atomic mass is 16.5. The van der Waals surface area contributed by atoms with E-state index in [1.165, 1.54) is 0 Å². The molecule has 0 radical (unpaired) electrons. The normalized spacial score (nSPS) is 19.6. The Balaban J connectivity index is 1.38. The Morgan fingerprint density at radius 1 is 1.21 bits per heavy atom. The first-order chi connectivity index (χ1) is 14.2. The first kappa shape index (κ1) is 19.6. The number of nitrogens with one attached hydrogen (secondary N) is 1. The van der Waals surface area contributed by atoms with Crippen LogP contribution >= 0.6 is 0 Å². The summed E-state index contributed by atoms with van der Waals surface area (Å²) in [5.41, 5.74) is 2.44. The van der Waals surface area contributed by atoms with Gasteiger partial charge >= 0.3 is 0 Å². The molecular weight excluding hydrogens is 368 g/mol. The van der Waals surface area contributed by atoms with Crippen molar-refractivity contribution in [2.24, 2.45) is 5.92 Å². The maximum Gasteiger partial charge on any atom is 0.274 e. The van der Waals surface area contributed by atoms with Crippen LogP contribution < -0.4 is 5.32 Å². The molecule has 154 valence electrons. The lowest BCUT2D eigenvalue weighted by Gasteiger charge is -2.31. The fourth-order valence-electron chi connectivity index (χ4n) is 4.06. The van der Waals surface area contributed by atoms with Crippen LogP contribution in [0.5, 0.6) is 0 Å². The van der Waals surface area contributed by atoms with Crippen LogP contribution in [0.15, 0.2) is 36.7 Å². The van der Waals surface area contributed by atoms with E-state index in [4.69, 9.17) is 4.74 Å². The van der Waals surface area contributed by atoms with Crippen LogP contribution in [0, 0.1) is 5.92 Å². The number of amides is 2. The number of fused-ring (bicyclic) bond motifs is 1. The van der Waals surface area contributed by atoms with Crippen molar-refractivity contribution in [3.63, 3.8) is 0 Å². The molecule has 2 aromatic rings. The highest BCUT2D eigenvalue weighted by Crippen LogP contribution is 2.28. The number of aromatic nitrogens is 2. The molecule has 0 saturated carbocycles. The average Bonchev–Trinajstić information content (AvgIpc) is 3.21. The van der Waals surface area contributed by atoms with E-state index >= 15 is 0 Å². The summed E-state index contributed by atoms with van der Waals surface area (Å²) < 4.78 is 8.06. The standard InChI is InChI=1S/C22H28N4O3/c1-2-10-23-21(27)17-8-11-25(12-9-17)22(28)20-18-14-29-19(13-26(18)15-24-20)16-6-4-3-5-7-16/h3-7,15,17,19H,2,8-14H2,1H3,(H,23,27)/t19-/m0/s1. The summed E-state index contributed by atoms with van der Waals surface area (Å²) in [5.74, 6) is 0.0445. The lowest BCUT2D eigenvalue weighted by atomic mass is 9.95. The molecule has 1 saturated heterocycles. The summed E-state index contributed by atoms with van der Waals surface area (Å²) in [4.78, 5) is 31.4. The first-order valence-corrected chi connectivity index (χ1v) is 10.4. The number of rotatable bonds is 5. The predicted molar refractivity (Wildman–Crippen MR) is 108 cm³/mol. The lowest BCUT2D eigenvalue weighted by molar-refractivity contribution is -0.126. The second-order valence-electron chi connectivity index (χ2n) is 7.76. The van der Waals surface area contributed by atoms with Crippen molar-refractivity contribution in [1.29, 1.82) is 0 Å². The highest BCUT2D eigenvalue weighted by Gasteiger charge is 2.32. The van der Waals surface area contributed by atoms with Gasteiger partial charge in [-0.25, -0.2) is 4.98 Å². The van der Waals surface area contributed by atoms with Crippen LogP contribution in [0.3, 0.4) is 0 Å². The van der Waals surface area contributed by atoms with Gasteiger partial charge in [0, 0.05) is 25.6 Å². The van der Waals surface area contributed by atoms with Crippen molar-refractivity contribution in [1.82, 2.24) is 19.8 Å². The van der Waals surface area contributed by atoms with Gasteiger partial charge in [0.1, 0.15) is 6.10 Å². The molecule has 2 amide bonds. The third-order valence-electron chi connectivity index (χ3n) is 5.81. The second-order valence-corrected chi connectivity index (χ2v) is 7.76. The summed E-state index contributed by atoms with van der Waals surface area (Å²) in [5, 5.41) is 2.96. The Bertz CT molecular complexity index is 856. The van der Waals surface area contributed by atoms with Gasteiger partial charge in [-0.2, -0.15) is 0 Å². The molecule has 3 heterocycles. The van der Waals surface area contributed by atoms with Crippen LogP contribution in [0.25, 0.3) is 0 Å².